The zero-order chi connectivity index (χ0) is 38.9. The first kappa shape index (κ1) is 37.1. The number of rotatable bonds is 9. The summed E-state index contributed by atoms with van der Waals surface area (Å²) in [6.07, 6.45) is 3.10. The van der Waals surface area contributed by atoms with Crippen molar-refractivity contribution >= 4 is 46.1 Å². The van der Waals surface area contributed by atoms with Gasteiger partial charge in [-0.25, -0.2) is 4.39 Å². The van der Waals surface area contributed by atoms with Gasteiger partial charge in [0.05, 0.1) is 16.8 Å². The molecule has 11 heteroatoms. The van der Waals surface area contributed by atoms with Crippen LogP contribution in [0.1, 0.15) is 76.4 Å². The summed E-state index contributed by atoms with van der Waals surface area (Å²) in [6.45, 7) is 7.79. The molecule has 0 spiro atoms. The molecule has 56 heavy (non-hydrogen) atoms. The summed E-state index contributed by atoms with van der Waals surface area (Å²) < 4.78 is 15.5. The fourth-order valence-corrected chi connectivity index (χ4v) is 8.78. The lowest BCUT2D eigenvalue weighted by Crippen LogP contribution is -2.54. The molecule has 0 bridgehead atoms. The second kappa shape index (κ2) is 15.7. The van der Waals surface area contributed by atoms with Crippen LogP contribution < -0.4 is 15.1 Å². The third-order valence-electron chi connectivity index (χ3n) is 11.8. The summed E-state index contributed by atoms with van der Waals surface area (Å²) in [6, 6.07) is 28.3. The van der Waals surface area contributed by atoms with Gasteiger partial charge in [-0.3, -0.25) is 34.3 Å². The molecule has 3 saturated heterocycles. The molecule has 3 fully saturated rings. The Labute approximate surface area is 326 Å². The molecule has 8 rings (SSSR count). The predicted molar refractivity (Wildman–Crippen MR) is 214 cm³/mol. The van der Waals surface area contributed by atoms with Crippen molar-refractivity contribution in [3.05, 3.63) is 125 Å². The number of phenols is 1. The number of benzene rings is 4. The van der Waals surface area contributed by atoms with Gasteiger partial charge in [-0.2, -0.15) is 0 Å². The van der Waals surface area contributed by atoms with Crippen molar-refractivity contribution in [2.24, 2.45) is 5.92 Å². The SMILES string of the molecule is CCC(=C(c1ccc(O)cc1)c1ccc(N2CCC(CN3CCN(c4cc5c(cc4F)C(=O)N(C4CCC(=O)NC4=O)C5=O)CC3)CC2)cc1)c1ccccc1. The molecule has 1 unspecified atom stereocenters. The third-order valence-corrected chi connectivity index (χ3v) is 11.8. The third kappa shape index (κ3) is 7.31. The van der Waals surface area contributed by atoms with Gasteiger partial charge in [-0.05, 0) is 95.8 Å². The highest BCUT2D eigenvalue weighted by molar-refractivity contribution is 6.23. The molecule has 2 N–H and O–H groups in total. The van der Waals surface area contributed by atoms with Crippen LogP contribution in [0.2, 0.25) is 0 Å². The lowest BCUT2D eigenvalue weighted by Gasteiger charge is -2.40. The van der Waals surface area contributed by atoms with E-state index in [1.807, 2.05) is 23.1 Å². The zero-order valence-corrected chi connectivity index (χ0v) is 31.5. The molecule has 4 aromatic carbocycles. The highest BCUT2D eigenvalue weighted by atomic mass is 19.1. The average Bonchev–Trinajstić information content (AvgIpc) is 3.45. The first-order chi connectivity index (χ1) is 27.2. The largest absolute Gasteiger partial charge is 0.508 e. The number of nitrogens with one attached hydrogen (secondary N) is 1. The Hall–Kier alpha value is -5.81. The van der Waals surface area contributed by atoms with E-state index in [0.29, 0.717) is 19.0 Å². The Bertz CT molecular complexity index is 2170. The number of piperidine rings is 2. The van der Waals surface area contributed by atoms with Gasteiger partial charge in [0.2, 0.25) is 11.8 Å². The number of fused-ring (bicyclic) bond motifs is 1. The number of aromatic hydroxyl groups is 1. The first-order valence-electron chi connectivity index (χ1n) is 19.6. The fourth-order valence-electron chi connectivity index (χ4n) is 8.78. The van der Waals surface area contributed by atoms with E-state index < -0.39 is 35.5 Å². The van der Waals surface area contributed by atoms with Crippen molar-refractivity contribution in [2.75, 3.05) is 55.6 Å². The molecule has 4 aliphatic heterocycles. The lowest BCUT2D eigenvalue weighted by molar-refractivity contribution is -0.136. The van der Waals surface area contributed by atoms with E-state index in [-0.39, 0.29) is 35.4 Å². The molecule has 4 aliphatic rings. The summed E-state index contributed by atoms with van der Waals surface area (Å²) in [5.41, 5.74) is 7.36. The Balaban J connectivity index is 0.871. The second-order valence-electron chi connectivity index (χ2n) is 15.2. The van der Waals surface area contributed by atoms with E-state index in [2.05, 4.69) is 70.6 Å². The Morgan fingerprint density at radius 1 is 0.732 bits per heavy atom. The van der Waals surface area contributed by atoms with E-state index in [1.54, 1.807) is 12.1 Å². The molecule has 4 heterocycles. The maximum Gasteiger partial charge on any atom is 0.262 e. The van der Waals surface area contributed by atoms with Crippen LogP contribution in [-0.2, 0) is 9.59 Å². The van der Waals surface area contributed by atoms with Gasteiger partial charge < -0.3 is 14.9 Å². The van der Waals surface area contributed by atoms with Crippen molar-refractivity contribution in [3.63, 3.8) is 0 Å². The number of halogens is 1. The summed E-state index contributed by atoms with van der Waals surface area (Å²) in [5.74, 6) is -2.24. The fraction of sp³-hybridized carbons (Fsp3) is 0.333. The molecule has 4 aromatic rings. The van der Waals surface area contributed by atoms with E-state index in [9.17, 15) is 24.3 Å². The molecule has 0 radical (unpaired) electrons. The second-order valence-corrected chi connectivity index (χ2v) is 15.2. The van der Waals surface area contributed by atoms with Crippen molar-refractivity contribution in [1.29, 1.82) is 0 Å². The molecule has 0 aromatic heterocycles. The number of piperazine rings is 1. The van der Waals surface area contributed by atoms with E-state index in [1.165, 1.54) is 28.5 Å². The van der Waals surface area contributed by atoms with Crippen LogP contribution in [0.15, 0.2) is 91.0 Å². The minimum Gasteiger partial charge on any atom is -0.508 e. The first-order valence-corrected chi connectivity index (χ1v) is 19.6. The maximum atomic E-state index is 15.5. The van der Waals surface area contributed by atoms with Crippen LogP contribution in [0.5, 0.6) is 5.75 Å². The minimum atomic E-state index is -1.09. The van der Waals surface area contributed by atoms with Gasteiger partial charge in [0, 0.05) is 57.9 Å². The molecule has 288 valence electrons. The smallest absolute Gasteiger partial charge is 0.262 e. The number of allylic oxidation sites excluding steroid dienone is 1. The number of carbonyl (C=O) groups is 4. The van der Waals surface area contributed by atoms with Crippen molar-refractivity contribution in [2.45, 2.75) is 45.1 Å². The molecule has 0 saturated carbocycles. The molecule has 10 nitrogen and oxygen atoms in total. The Morgan fingerprint density at radius 2 is 1.36 bits per heavy atom. The van der Waals surface area contributed by atoms with Gasteiger partial charge in [0.1, 0.15) is 17.6 Å². The van der Waals surface area contributed by atoms with Gasteiger partial charge in [0.25, 0.3) is 11.8 Å². The van der Waals surface area contributed by atoms with Crippen LogP contribution in [0.25, 0.3) is 11.1 Å². The van der Waals surface area contributed by atoms with Gasteiger partial charge >= 0.3 is 0 Å². The number of carbonyl (C=O) groups excluding carboxylic acids is 4. The van der Waals surface area contributed by atoms with E-state index in [0.717, 1.165) is 74.1 Å². The summed E-state index contributed by atoms with van der Waals surface area (Å²) >= 11 is 0. The molecular formula is C45H46FN5O5. The van der Waals surface area contributed by atoms with E-state index in [4.69, 9.17) is 0 Å². The van der Waals surface area contributed by atoms with Crippen LogP contribution in [0.4, 0.5) is 15.8 Å². The normalized spacial score (nSPS) is 20.0. The number of amides is 4. The molecule has 1 atom stereocenters. The standard InChI is InChI=1S/C45H46FN5O5/c1-2-35(30-6-4-3-5-7-30)42(32-10-14-34(52)15-11-32)31-8-12-33(13-9-31)49-20-18-29(19-21-49)28-48-22-24-50(25-23-48)40-27-37-36(26-38(40)46)44(55)51(45(37)56)39-16-17-41(53)47-43(39)54/h3-15,26-27,29,39,52H,2,16-25,28H2,1H3,(H,47,53,54). The van der Waals surface area contributed by atoms with Gasteiger partial charge in [0.15, 0.2) is 0 Å². The Kier molecular flexibility index (Phi) is 10.4. The highest BCUT2D eigenvalue weighted by Crippen LogP contribution is 2.37. The minimum absolute atomic E-state index is 0.0267. The van der Waals surface area contributed by atoms with Crippen molar-refractivity contribution < 1.29 is 28.7 Å². The molecule has 4 amide bonds. The maximum absolute atomic E-state index is 15.5. The summed E-state index contributed by atoms with van der Waals surface area (Å²) in [4.78, 5) is 58.2. The quantitative estimate of drug-likeness (QED) is 0.150. The topological polar surface area (TPSA) is 114 Å². The van der Waals surface area contributed by atoms with Gasteiger partial charge in [-0.1, -0.05) is 61.5 Å². The number of phenolic OH excluding ortho intramolecular Hbond substituents is 1. The number of hydrogen-bond donors (Lipinski definition) is 2. The van der Waals surface area contributed by atoms with Gasteiger partial charge in [-0.15, -0.1) is 0 Å². The zero-order valence-electron chi connectivity index (χ0n) is 31.5. The number of hydrogen-bond acceptors (Lipinski definition) is 8. The number of imide groups is 2. The van der Waals surface area contributed by atoms with Crippen LogP contribution in [0.3, 0.4) is 0 Å². The van der Waals surface area contributed by atoms with Crippen molar-refractivity contribution in [3.8, 4) is 5.75 Å². The lowest BCUT2D eigenvalue weighted by atomic mass is 9.88. The number of anilines is 2. The summed E-state index contributed by atoms with van der Waals surface area (Å²) in [7, 11) is 0. The van der Waals surface area contributed by atoms with Crippen LogP contribution in [-0.4, -0.2) is 90.4 Å². The highest BCUT2D eigenvalue weighted by Gasteiger charge is 2.45. The monoisotopic (exact) mass is 755 g/mol. The van der Waals surface area contributed by atoms with Crippen molar-refractivity contribution in [1.82, 2.24) is 15.1 Å². The molecule has 0 aliphatic carbocycles. The summed E-state index contributed by atoms with van der Waals surface area (Å²) in [5, 5.41) is 12.2. The number of nitrogens with zero attached hydrogens (tertiary/aromatic N) is 4. The predicted octanol–water partition coefficient (Wildman–Crippen LogP) is 6.34. The average molecular weight is 756 g/mol. The van der Waals surface area contributed by atoms with E-state index >= 15 is 4.39 Å². The van der Waals surface area contributed by atoms with Crippen LogP contribution in [0, 0.1) is 11.7 Å². The van der Waals surface area contributed by atoms with Crippen LogP contribution >= 0.6 is 0 Å². The Morgan fingerprint density at radius 3 is 1.98 bits per heavy atom. The molecular weight excluding hydrogens is 710 g/mol.